The van der Waals surface area contributed by atoms with Crippen molar-refractivity contribution in [3.05, 3.63) is 95.1 Å². The number of rotatable bonds is 13. The fourth-order valence-corrected chi connectivity index (χ4v) is 12.2. The quantitative estimate of drug-likeness (QED) is 0.0878. The van der Waals surface area contributed by atoms with Crippen molar-refractivity contribution in [2.24, 2.45) is 22.7 Å². The Morgan fingerprint density at radius 2 is 1.55 bits per heavy atom. The molecule has 0 aromatic heterocycles. The number of ether oxygens (including phenoxy) is 8. The van der Waals surface area contributed by atoms with E-state index in [2.05, 4.69) is 5.32 Å². The number of carbonyl (C=O) groups excluding carboxylic acids is 6. The summed E-state index contributed by atoms with van der Waals surface area (Å²) < 4.78 is 50.5. The minimum absolute atomic E-state index is 0.0292. The second kappa shape index (κ2) is 19.7. The van der Waals surface area contributed by atoms with Crippen LogP contribution in [0, 0.1) is 22.7 Å². The lowest BCUT2D eigenvalue weighted by Crippen LogP contribution is -2.75. The molecular weight excluding hydrogens is 887 g/mol. The summed E-state index contributed by atoms with van der Waals surface area (Å²) in [6.07, 6.45) is 0.131. The Balaban J connectivity index is 1.14. The van der Waals surface area contributed by atoms with Crippen LogP contribution in [-0.2, 0) is 57.1 Å². The fraction of sp³-hybridized carbons (Fsp3) is 0.593. The highest BCUT2D eigenvalue weighted by Crippen LogP contribution is 2.68. The molecule has 2 aromatic rings. The lowest BCUT2D eigenvalue weighted by Gasteiger charge is -2.61. The highest BCUT2D eigenvalue weighted by Gasteiger charge is 2.81. The third-order valence-electron chi connectivity index (χ3n) is 15.8. The number of epoxide rings is 1. The number of esters is 4. The Morgan fingerprint density at radius 1 is 0.841 bits per heavy atom. The van der Waals surface area contributed by atoms with Gasteiger partial charge in [-0.3, -0.25) is 14.4 Å². The Bertz CT molecular complexity index is 2350. The van der Waals surface area contributed by atoms with Gasteiger partial charge in [-0.05, 0) is 85.8 Å². The third kappa shape index (κ3) is 9.70. The minimum atomic E-state index is -1.49. The van der Waals surface area contributed by atoms with Crippen molar-refractivity contribution in [3.63, 3.8) is 0 Å². The van der Waals surface area contributed by atoms with Crippen molar-refractivity contribution < 1.29 is 66.7 Å². The number of hydrogen-bond acceptors (Lipinski definition) is 14. The predicted octanol–water partition coefficient (Wildman–Crippen LogP) is 8.04. The molecule has 2 heterocycles. The molecule has 69 heavy (non-hydrogen) atoms. The summed E-state index contributed by atoms with van der Waals surface area (Å²) in [4.78, 5) is 82.5. The van der Waals surface area contributed by atoms with E-state index in [-0.39, 0.29) is 31.5 Å². The molecule has 0 unspecified atom stereocenters. The highest BCUT2D eigenvalue weighted by molar-refractivity contribution is 5.89. The van der Waals surface area contributed by atoms with Gasteiger partial charge in [-0.25, -0.2) is 14.4 Å². The van der Waals surface area contributed by atoms with E-state index in [4.69, 9.17) is 37.9 Å². The van der Waals surface area contributed by atoms with E-state index in [1.807, 2.05) is 71.0 Å². The van der Waals surface area contributed by atoms with E-state index in [1.54, 1.807) is 43.3 Å². The summed E-state index contributed by atoms with van der Waals surface area (Å²) in [5.74, 6) is -4.71. The number of hydrogen-bond donors (Lipinski definition) is 1. The maximum atomic E-state index is 14.9. The van der Waals surface area contributed by atoms with Gasteiger partial charge in [-0.1, -0.05) is 89.2 Å². The SMILES string of the molecule is CCCNC(=O)[C@]1(C)CC/C=C/[C@H](OC(=O)O[C@@H](C(=O)O[C@H]2C[C@H]3[C@@H](OC(=O)c4ccccc4)[C@H]4[C@@]5(C[C@H](OC(C)=O)C(=C2C)C3(C)C)O[C@H]5C[C@H]2OC[C@@]42OC(C)=O)[C@@H](C)c2ccccc2)CC1. The average molecular weight is 954 g/mol. The molecular formula is C54H67NO14. The first-order valence-electron chi connectivity index (χ1n) is 24.5. The van der Waals surface area contributed by atoms with Gasteiger partial charge in [0.2, 0.25) is 12.0 Å². The molecule has 1 spiro atoms. The van der Waals surface area contributed by atoms with E-state index in [9.17, 15) is 28.8 Å². The van der Waals surface area contributed by atoms with Gasteiger partial charge in [0, 0.05) is 50.5 Å². The lowest BCUT2D eigenvalue weighted by atomic mass is 9.51. The van der Waals surface area contributed by atoms with Crippen molar-refractivity contribution >= 4 is 35.9 Å². The smallest absolute Gasteiger partial charge is 0.458 e. The first-order valence-corrected chi connectivity index (χ1v) is 24.5. The van der Waals surface area contributed by atoms with Crippen LogP contribution in [0.25, 0.3) is 0 Å². The van der Waals surface area contributed by atoms with Crippen LogP contribution in [0.2, 0.25) is 0 Å². The van der Waals surface area contributed by atoms with Crippen LogP contribution in [0.4, 0.5) is 4.79 Å². The van der Waals surface area contributed by atoms with Gasteiger partial charge in [-0.15, -0.1) is 0 Å². The number of nitrogens with one attached hydrogen (secondary N) is 1. The molecule has 1 N–H and O–H groups in total. The van der Waals surface area contributed by atoms with Crippen LogP contribution >= 0.6 is 0 Å². The molecule has 15 nitrogen and oxygen atoms in total. The van der Waals surface area contributed by atoms with Crippen LogP contribution in [0.15, 0.2) is 84.0 Å². The molecule has 0 radical (unpaired) electrons. The summed E-state index contributed by atoms with van der Waals surface area (Å²) >= 11 is 0. The normalized spacial score (nSPS) is 34.2. The molecule has 1 amide bonds. The Hall–Kier alpha value is -5.54. The Labute approximate surface area is 404 Å². The molecule has 15 heteroatoms. The number of allylic oxidation sites excluding steroid dienone is 1. The summed E-state index contributed by atoms with van der Waals surface area (Å²) in [5.41, 5.74) is -1.52. The van der Waals surface area contributed by atoms with Crippen LogP contribution in [0.1, 0.15) is 129 Å². The molecule has 2 saturated heterocycles. The van der Waals surface area contributed by atoms with E-state index >= 15 is 0 Å². The van der Waals surface area contributed by atoms with Crippen LogP contribution < -0.4 is 5.32 Å². The number of carbonyl (C=O) groups is 6. The number of fused-ring (bicyclic) bond motifs is 4. The second-order valence-corrected chi connectivity index (χ2v) is 20.7. The van der Waals surface area contributed by atoms with Crippen LogP contribution in [0.5, 0.6) is 0 Å². The van der Waals surface area contributed by atoms with E-state index in [0.717, 1.165) is 6.42 Å². The Kier molecular flexibility index (Phi) is 14.2. The molecule has 8 rings (SSSR count). The number of benzene rings is 2. The molecule has 4 aliphatic carbocycles. The van der Waals surface area contributed by atoms with Gasteiger partial charge in [0.25, 0.3) is 0 Å². The largest absolute Gasteiger partial charge is 0.509 e. The third-order valence-corrected chi connectivity index (χ3v) is 15.8. The van der Waals surface area contributed by atoms with Gasteiger partial charge < -0.3 is 43.2 Å². The minimum Gasteiger partial charge on any atom is -0.458 e. The van der Waals surface area contributed by atoms with Crippen molar-refractivity contribution in [1.82, 2.24) is 5.32 Å². The van der Waals surface area contributed by atoms with Crippen molar-refractivity contribution in [2.45, 2.75) is 167 Å². The zero-order chi connectivity index (χ0) is 49.5. The Morgan fingerprint density at radius 3 is 2.20 bits per heavy atom. The van der Waals surface area contributed by atoms with Gasteiger partial charge in [0.15, 0.2) is 5.60 Å². The molecule has 2 aromatic carbocycles. The highest BCUT2D eigenvalue weighted by atomic mass is 16.7. The number of amides is 1. The van der Waals surface area contributed by atoms with Crippen molar-refractivity contribution in [1.29, 1.82) is 0 Å². The molecule has 372 valence electrons. The molecule has 6 aliphatic rings. The van der Waals surface area contributed by atoms with Gasteiger partial charge >= 0.3 is 30.0 Å². The topological polar surface area (TPSA) is 192 Å². The van der Waals surface area contributed by atoms with Crippen molar-refractivity contribution in [2.75, 3.05) is 13.2 Å². The first kappa shape index (κ1) is 49.9. The molecule has 2 bridgehead atoms. The predicted molar refractivity (Wildman–Crippen MR) is 249 cm³/mol. The van der Waals surface area contributed by atoms with Crippen LogP contribution in [-0.4, -0.2) is 103 Å². The lowest BCUT2D eigenvalue weighted by molar-refractivity contribution is -0.306. The van der Waals surface area contributed by atoms with Crippen molar-refractivity contribution in [3.8, 4) is 0 Å². The fourth-order valence-electron chi connectivity index (χ4n) is 12.2. The standard InChI is InChI=1S/C54H67NO14/c1-9-26-55-49(60)52(8)24-17-16-22-37(23-25-52)64-50(61)67-44(31(2)35-18-12-10-13-19-35)48(59)65-39-27-38-45(66-47(58)36-20-14-11-15-21-36)46-53(29-40(63-33(4)56)43(32(39)3)51(38,6)7)42(69-53)28-41-54(46,30-62-41)68-34(5)57/h10-16,18-22,31,37-42,44-46H,9,17,23-30H2,1-8H3,(H,55,60)/b22-16+/t31-,37-,38-,39-,40-,41+,42-,44+,45+,46-,52+,53-,54-/m0/s1. The molecule has 2 aliphatic heterocycles. The van der Waals surface area contributed by atoms with E-state index < -0.39 is 106 Å². The van der Waals surface area contributed by atoms with Gasteiger partial charge in [0.1, 0.15) is 36.1 Å². The van der Waals surface area contributed by atoms with Gasteiger partial charge in [0.05, 0.1) is 24.2 Å². The first-order chi connectivity index (χ1) is 32.8. The maximum absolute atomic E-state index is 14.9. The molecule has 13 atom stereocenters. The molecule has 2 saturated carbocycles. The zero-order valence-electron chi connectivity index (χ0n) is 41.0. The van der Waals surface area contributed by atoms with Crippen LogP contribution in [0.3, 0.4) is 0 Å². The van der Waals surface area contributed by atoms with E-state index in [0.29, 0.717) is 60.9 Å². The maximum Gasteiger partial charge on any atom is 0.509 e. The monoisotopic (exact) mass is 953 g/mol. The summed E-state index contributed by atoms with van der Waals surface area (Å²) in [6.45, 7) is 14.8. The summed E-state index contributed by atoms with van der Waals surface area (Å²) in [5, 5.41) is 3.01. The molecule has 4 fully saturated rings. The van der Waals surface area contributed by atoms with Gasteiger partial charge in [-0.2, -0.15) is 0 Å². The summed E-state index contributed by atoms with van der Waals surface area (Å²) in [6, 6.07) is 17.7. The van der Waals surface area contributed by atoms with E-state index in [1.165, 1.54) is 13.8 Å². The average Bonchev–Trinajstić information content (AvgIpc) is 4.00. The zero-order valence-corrected chi connectivity index (χ0v) is 41.0. The second-order valence-electron chi connectivity index (χ2n) is 20.7. The summed E-state index contributed by atoms with van der Waals surface area (Å²) in [7, 11) is 0.